The Hall–Kier alpha value is -2.74. The van der Waals surface area contributed by atoms with E-state index in [9.17, 15) is 0 Å². The minimum atomic E-state index is -3.19. The zero-order valence-corrected chi connectivity index (χ0v) is 28.2. The average molecular weight is 599 g/mol. The van der Waals surface area contributed by atoms with Crippen LogP contribution in [0.2, 0.25) is 0 Å². The molecular formula is C36H44N2O2P2. The van der Waals surface area contributed by atoms with E-state index in [1.165, 1.54) is 0 Å². The molecule has 0 aromatic heterocycles. The lowest BCUT2D eigenvalue weighted by Gasteiger charge is -2.44. The van der Waals surface area contributed by atoms with Gasteiger partial charge in [0.2, 0.25) is 14.6 Å². The summed E-state index contributed by atoms with van der Waals surface area (Å²) in [4.78, 5) is 0. The standard InChI is InChI=1S/C36H44N2O2P2/c1-25-13-9-14-26(2)33(25)41(39,34-27(3)15-10-16-28(34)4)37-21-23-38(24-22-37)42(40,35-29(5)17-11-18-30(35)6)36-31(7)19-12-20-32(36)8/h9-20H,21-24H2,1-8H3. The van der Waals surface area contributed by atoms with Crippen molar-refractivity contribution in [3.8, 4) is 0 Å². The molecule has 1 aliphatic heterocycles. The van der Waals surface area contributed by atoms with Crippen molar-refractivity contribution in [3.63, 3.8) is 0 Å². The monoisotopic (exact) mass is 598 g/mol. The van der Waals surface area contributed by atoms with E-state index in [0.29, 0.717) is 26.2 Å². The third-order valence-electron chi connectivity index (χ3n) is 9.00. The van der Waals surface area contributed by atoms with Crippen molar-refractivity contribution >= 4 is 35.8 Å². The Morgan fingerprint density at radius 2 is 0.548 bits per heavy atom. The maximum atomic E-state index is 15.8. The second kappa shape index (κ2) is 11.7. The van der Waals surface area contributed by atoms with Gasteiger partial charge in [0.1, 0.15) is 0 Å². The largest absolute Gasteiger partial charge is 0.296 e. The van der Waals surface area contributed by atoms with Crippen molar-refractivity contribution in [2.24, 2.45) is 0 Å². The average Bonchev–Trinajstić information content (AvgIpc) is 2.92. The summed E-state index contributed by atoms with van der Waals surface area (Å²) in [5.41, 5.74) is 8.45. The molecular weight excluding hydrogens is 554 g/mol. The molecule has 1 saturated heterocycles. The minimum Gasteiger partial charge on any atom is -0.296 e. The van der Waals surface area contributed by atoms with Gasteiger partial charge in [0.15, 0.2) is 0 Å². The number of piperazine rings is 1. The smallest absolute Gasteiger partial charge is 0.208 e. The molecule has 0 saturated carbocycles. The van der Waals surface area contributed by atoms with Gasteiger partial charge < -0.3 is 0 Å². The Bertz CT molecular complexity index is 1430. The summed E-state index contributed by atoms with van der Waals surface area (Å²) in [6, 6.07) is 24.8. The van der Waals surface area contributed by atoms with E-state index in [1.807, 2.05) is 24.3 Å². The molecule has 0 amide bonds. The zero-order chi connectivity index (χ0) is 30.4. The molecule has 42 heavy (non-hydrogen) atoms. The van der Waals surface area contributed by atoms with Crippen molar-refractivity contribution in [2.75, 3.05) is 26.2 Å². The number of rotatable bonds is 6. The topological polar surface area (TPSA) is 40.6 Å². The highest BCUT2D eigenvalue weighted by molar-refractivity contribution is 7.77. The summed E-state index contributed by atoms with van der Waals surface area (Å²) >= 11 is 0. The van der Waals surface area contributed by atoms with Crippen molar-refractivity contribution in [2.45, 2.75) is 55.4 Å². The van der Waals surface area contributed by atoms with Gasteiger partial charge in [-0.3, -0.25) is 9.13 Å². The maximum Gasteiger partial charge on any atom is 0.208 e. The van der Waals surface area contributed by atoms with Gasteiger partial charge in [0, 0.05) is 47.4 Å². The summed E-state index contributed by atoms with van der Waals surface area (Å²) in [7, 11) is -6.39. The highest BCUT2D eigenvalue weighted by Crippen LogP contribution is 2.55. The predicted octanol–water partition coefficient (Wildman–Crippen LogP) is 6.93. The van der Waals surface area contributed by atoms with E-state index in [4.69, 9.17) is 0 Å². The van der Waals surface area contributed by atoms with E-state index < -0.39 is 14.6 Å². The van der Waals surface area contributed by atoms with Gasteiger partial charge in [0.05, 0.1) is 0 Å². The molecule has 0 radical (unpaired) electrons. The van der Waals surface area contributed by atoms with Crippen LogP contribution < -0.4 is 21.2 Å². The van der Waals surface area contributed by atoms with Crippen LogP contribution in [0.5, 0.6) is 0 Å². The van der Waals surface area contributed by atoms with E-state index in [0.717, 1.165) is 65.7 Å². The van der Waals surface area contributed by atoms with Crippen LogP contribution in [-0.4, -0.2) is 35.5 Å². The molecule has 0 atom stereocenters. The van der Waals surface area contributed by atoms with Crippen molar-refractivity contribution in [1.29, 1.82) is 0 Å². The normalized spacial score (nSPS) is 15.2. The highest BCUT2D eigenvalue weighted by Gasteiger charge is 2.45. The van der Waals surface area contributed by atoms with Crippen LogP contribution in [0.25, 0.3) is 0 Å². The van der Waals surface area contributed by atoms with Gasteiger partial charge >= 0.3 is 0 Å². The zero-order valence-electron chi connectivity index (χ0n) is 26.4. The van der Waals surface area contributed by atoms with Crippen molar-refractivity contribution in [1.82, 2.24) is 9.34 Å². The van der Waals surface area contributed by atoms with Gasteiger partial charge in [-0.2, -0.15) is 0 Å². The second-order valence-electron chi connectivity index (χ2n) is 12.0. The maximum absolute atomic E-state index is 15.8. The molecule has 1 heterocycles. The molecule has 0 aliphatic carbocycles. The summed E-state index contributed by atoms with van der Waals surface area (Å²) in [5, 5.41) is 3.79. The lowest BCUT2D eigenvalue weighted by atomic mass is 10.1. The molecule has 6 heteroatoms. The highest BCUT2D eigenvalue weighted by atomic mass is 31.2. The molecule has 1 aliphatic rings. The molecule has 5 rings (SSSR count). The van der Waals surface area contributed by atoms with Crippen LogP contribution in [0.4, 0.5) is 0 Å². The molecule has 4 nitrogen and oxygen atoms in total. The molecule has 4 aromatic carbocycles. The quantitative estimate of drug-likeness (QED) is 0.226. The molecule has 1 fully saturated rings. The number of nitrogens with zero attached hydrogens (tertiary/aromatic N) is 2. The Kier molecular flexibility index (Phi) is 8.58. The third-order valence-corrected chi connectivity index (χ3v) is 16.6. The van der Waals surface area contributed by atoms with Crippen LogP contribution in [-0.2, 0) is 9.13 Å². The fourth-order valence-electron chi connectivity index (χ4n) is 7.17. The van der Waals surface area contributed by atoms with Gasteiger partial charge in [-0.15, -0.1) is 0 Å². The third kappa shape index (κ3) is 4.97. The molecule has 4 aromatic rings. The first-order valence-corrected chi connectivity index (χ1v) is 18.2. The Morgan fingerprint density at radius 1 is 0.381 bits per heavy atom. The van der Waals surface area contributed by atoms with E-state index in [2.05, 4.69) is 113 Å². The van der Waals surface area contributed by atoms with Gasteiger partial charge in [-0.25, -0.2) is 9.34 Å². The summed E-state index contributed by atoms with van der Waals surface area (Å²) < 4.78 is 36.0. The fourth-order valence-corrected chi connectivity index (χ4v) is 14.7. The summed E-state index contributed by atoms with van der Waals surface area (Å²) in [6.45, 7) is 18.9. The van der Waals surface area contributed by atoms with Gasteiger partial charge in [-0.1, -0.05) is 72.8 Å². The molecule has 0 N–H and O–H groups in total. The fraction of sp³-hybridized carbons (Fsp3) is 0.333. The van der Waals surface area contributed by atoms with Crippen molar-refractivity contribution < 1.29 is 9.13 Å². The van der Waals surface area contributed by atoms with E-state index in [-0.39, 0.29) is 0 Å². The van der Waals surface area contributed by atoms with Crippen LogP contribution in [0.3, 0.4) is 0 Å². The van der Waals surface area contributed by atoms with Gasteiger partial charge in [-0.05, 0) is 99.9 Å². The molecule has 0 spiro atoms. The summed E-state index contributed by atoms with van der Waals surface area (Å²) in [5.74, 6) is 0. The molecule has 0 unspecified atom stereocenters. The number of hydrogen-bond acceptors (Lipinski definition) is 2. The predicted molar refractivity (Wildman–Crippen MR) is 181 cm³/mol. The van der Waals surface area contributed by atoms with Crippen LogP contribution in [0.1, 0.15) is 44.5 Å². The Morgan fingerprint density at radius 3 is 0.714 bits per heavy atom. The van der Waals surface area contributed by atoms with Crippen LogP contribution in [0, 0.1) is 55.4 Å². The first-order valence-electron chi connectivity index (χ1n) is 14.9. The molecule has 0 bridgehead atoms. The Labute approximate surface area is 252 Å². The summed E-state index contributed by atoms with van der Waals surface area (Å²) in [6.07, 6.45) is 0. The first-order chi connectivity index (χ1) is 19.9. The SMILES string of the molecule is Cc1cccc(C)c1P(=O)(c1c(C)cccc1C)N1CCN(P(=O)(c2c(C)cccc2C)c2c(C)cccc2C)CC1. The van der Waals surface area contributed by atoms with E-state index in [1.54, 1.807) is 0 Å². The minimum absolute atomic E-state index is 0.568. The van der Waals surface area contributed by atoms with Crippen LogP contribution in [0.15, 0.2) is 72.8 Å². The van der Waals surface area contributed by atoms with E-state index >= 15 is 9.13 Å². The van der Waals surface area contributed by atoms with Gasteiger partial charge in [0.25, 0.3) is 0 Å². The van der Waals surface area contributed by atoms with Crippen molar-refractivity contribution in [3.05, 3.63) is 117 Å². The second-order valence-corrected chi connectivity index (χ2v) is 17.2. The number of hydrogen-bond donors (Lipinski definition) is 0. The molecule has 220 valence electrons. The lowest BCUT2D eigenvalue weighted by Crippen LogP contribution is -2.50. The number of benzene rings is 4. The Balaban J connectivity index is 1.64. The van der Waals surface area contributed by atoms with Crippen LogP contribution >= 0.6 is 14.6 Å². The first kappa shape index (κ1) is 30.7. The number of aryl methyl sites for hydroxylation is 8. The lowest BCUT2D eigenvalue weighted by molar-refractivity contribution is 0.277.